The van der Waals surface area contributed by atoms with Gasteiger partial charge in [-0.05, 0) is 93.5 Å². The minimum absolute atomic E-state index is 1.10. The molecule has 0 saturated carbocycles. The van der Waals surface area contributed by atoms with Crippen molar-refractivity contribution in [2.45, 2.75) is 0 Å². The molecule has 2 nitrogen and oxygen atoms in total. The van der Waals surface area contributed by atoms with Crippen LogP contribution in [-0.4, -0.2) is 4.57 Å². The fourth-order valence-corrected chi connectivity index (χ4v) is 8.06. The highest BCUT2D eigenvalue weighted by Gasteiger charge is 2.18. The highest BCUT2D eigenvalue weighted by Crippen LogP contribution is 2.40. The number of aromatic nitrogens is 1. The lowest BCUT2D eigenvalue weighted by molar-refractivity contribution is 1.18. The Morgan fingerprint density at radius 2 is 0.679 bits per heavy atom. The van der Waals surface area contributed by atoms with Crippen molar-refractivity contribution in [2.75, 3.05) is 4.90 Å². The van der Waals surface area contributed by atoms with Crippen LogP contribution in [0.3, 0.4) is 0 Å². The first kappa shape index (κ1) is 33.2. The van der Waals surface area contributed by atoms with Crippen molar-refractivity contribution in [3.63, 3.8) is 0 Å². The summed E-state index contributed by atoms with van der Waals surface area (Å²) in [4.78, 5) is 2.32. The fourth-order valence-electron chi connectivity index (χ4n) is 8.06. The van der Waals surface area contributed by atoms with Crippen molar-refractivity contribution in [2.24, 2.45) is 0 Å². The number of hydrogen-bond acceptors (Lipinski definition) is 1. The molecule has 0 aliphatic heterocycles. The molecule has 0 fully saturated rings. The zero-order chi connectivity index (χ0) is 37.3. The number of benzene rings is 9. The monoisotopic (exact) mass is 714 g/mol. The van der Waals surface area contributed by atoms with Crippen LogP contribution >= 0.6 is 0 Å². The number of nitrogens with zero attached hydrogens (tertiary/aromatic N) is 2. The van der Waals surface area contributed by atoms with Gasteiger partial charge in [0.15, 0.2) is 0 Å². The van der Waals surface area contributed by atoms with Gasteiger partial charge in [0.1, 0.15) is 0 Å². The molecule has 0 radical (unpaired) electrons. The highest BCUT2D eigenvalue weighted by atomic mass is 15.1. The molecule has 9 aromatic carbocycles. The lowest BCUT2D eigenvalue weighted by Gasteiger charge is -2.26. The molecule has 10 aromatic rings. The Bertz CT molecular complexity index is 2910. The van der Waals surface area contributed by atoms with Crippen LogP contribution in [0.5, 0.6) is 0 Å². The normalized spacial score (nSPS) is 11.2. The van der Waals surface area contributed by atoms with E-state index in [9.17, 15) is 0 Å². The molecule has 1 heterocycles. The fraction of sp³-hybridized carbons (Fsp3) is 0. The quantitative estimate of drug-likeness (QED) is 0.152. The molecule has 1 aromatic heterocycles. The van der Waals surface area contributed by atoms with Gasteiger partial charge >= 0.3 is 0 Å². The molecule has 0 unspecified atom stereocenters. The summed E-state index contributed by atoms with van der Waals surface area (Å²) in [6.45, 7) is 0. The van der Waals surface area contributed by atoms with E-state index >= 15 is 0 Å². The van der Waals surface area contributed by atoms with Gasteiger partial charge < -0.3 is 9.47 Å². The maximum absolute atomic E-state index is 2.44. The van der Waals surface area contributed by atoms with E-state index in [-0.39, 0.29) is 0 Å². The van der Waals surface area contributed by atoms with Crippen molar-refractivity contribution in [1.29, 1.82) is 0 Å². The molecule has 0 aliphatic rings. The van der Waals surface area contributed by atoms with E-state index in [1.165, 1.54) is 60.8 Å². The minimum Gasteiger partial charge on any atom is -0.311 e. The third kappa shape index (κ3) is 6.14. The molecule has 0 N–H and O–H groups in total. The van der Waals surface area contributed by atoms with Crippen molar-refractivity contribution >= 4 is 38.9 Å². The van der Waals surface area contributed by atoms with Crippen molar-refractivity contribution in [1.82, 2.24) is 4.57 Å². The smallest absolute Gasteiger partial charge is 0.0547 e. The topological polar surface area (TPSA) is 8.17 Å². The van der Waals surface area contributed by atoms with Crippen LogP contribution in [0.4, 0.5) is 17.1 Å². The number of anilines is 3. The van der Waals surface area contributed by atoms with Crippen molar-refractivity contribution < 1.29 is 0 Å². The second-order valence-corrected chi connectivity index (χ2v) is 14.2. The molecule has 2 heteroatoms. The molecule has 0 aliphatic carbocycles. The Morgan fingerprint density at radius 3 is 1.30 bits per heavy atom. The van der Waals surface area contributed by atoms with Crippen LogP contribution < -0.4 is 4.90 Å². The van der Waals surface area contributed by atoms with Gasteiger partial charge in [-0.15, -0.1) is 0 Å². The van der Waals surface area contributed by atoms with E-state index in [4.69, 9.17) is 0 Å². The summed E-state index contributed by atoms with van der Waals surface area (Å²) in [6.07, 6.45) is 0. The van der Waals surface area contributed by atoms with Gasteiger partial charge in [-0.1, -0.05) is 176 Å². The molecule has 0 saturated heterocycles. The van der Waals surface area contributed by atoms with E-state index in [0.29, 0.717) is 0 Å². The number of para-hydroxylation sites is 3. The van der Waals surface area contributed by atoms with Gasteiger partial charge in [0.2, 0.25) is 0 Å². The maximum Gasteiger partial charge on any atom is 0.0547 e. The lowest BCUT2D eigenvalue weighted by atomic mass is 9.99. The third-order valence-corrected chi connectivity index (χ3v) is 10.8. The van der Waals surface area contributed by atoms with Crippen LogP contribution in [0.1, 0.15) is 0 Å². The Labute approximate surface area is 327 Å². The van der Waals surface area contributed by atoms with Crippen molar-refractivity contribution in [3.05, 3.63) is 231 Å². The molecule has 0 atom stereocenters. The molecule has 264 valence electrons. The third-order valence-electron chi connectivity index (χ3n) is 10.8. The predicted octanol–water partition coefficient (Wildman–Crippen LogP) is 14.9. The molecular formula is C54H38N2. The summed E-state index contributed by atoms with van der Waals surface area (Å²) in [5.41, 5.74) is 16.5. The first-order chi connectivity index (χ1) is 27.8. The second kappa shape index (κ2) is 14.4. The van der Waals surface area contributed by atoms with Crippen LogP contribution in [0, 0.1) is 0 Å². The molecular weight excluding hydrogens is 677 g/mol. The van der Waals surface area contributed by atoms with Crippen LogP contribution in [0.25, 0.3) is 72.0 Å². The Balaban J connectivity index is 1.05. The molecule has 10 rings (SSSR count). The minimum atomic E-state index is 1.10. The zero-order valence-corrected chi connectivity index (χ0v) is 30.8. The molecule has 0 amide bonds. The van der Waals surface area contributed by atoms with E-state index < -0.39 is 0 Å². The average molecular weight is 715 g/mol. The van der Waals surface area contributed by atoms with Crippen molar-refractivity contribution in [3.8, 4) is 50.2 Å². The summed E-state index contributed by atoms with van der Waals surface area (Å²) in [5, 5.41) is 2.49. The SMILES string of the molecule is c1ccc(-c2ccc(-c3ccc4c5ccccc5n(-c5ccccc5-c5ccc(N(c6ccccc6)c6ccc(-c7ccccc7)cc6)cc5)c4c3)cc2)cc1. The Morgan fingerprint density at radius 1 is 0.268 bits per heavy atom. The number of rotatable bonds is 8. The van der Waals surface area contributed by atoms with Crippen LogP contribution in [0.15, 0.2) is 231 Å². The Kier molecular flexibility index (Phi) is 8.55. The molecule has 56 heavy (non-hydrogen) atoms. The number of fused-ring (bicyclic) bond motifs is 3. The van der Waals surface area contributed by atoms with Gasteiger partial charge in [-0.3, -0.25) is 0 Å². The van der Waals surface area contributed by atoms with Gasteiger partial charge in [0.25, 0.3) is 0 Å². The van der Waals surface area contributed by atoms with Crippen LogP contribution in [-0.2, 0) is 0 Å². The zero-order valence-electron chi connectivity index (χ0n) is 30.8. The maximum atomic E-state index is 2.44. The first-order valence-electron chi connectivity index (χ1n) is 19.2. The van der Waals surface area contributed by atoms with E-state index in [1.54, 1.807) is 0 Å². The van der Waals surface area contributed by atoms with Gasteiger partial charge in [-0.2, -0.15) is 0 Å². The Hall–Kier alpha value is -7.42. The van der Waals surface area contributed by atoms with E-state index in [1.807, 2.05) is 0 Å². The molecule has 0 bridgehead atoms. The second-order valence-electron chi connectivity index (χ2n) is 14.2. The van der Waals surface area contributed by atoms with Crippen LogP contribution in [0.2, 0.25) is 0 Å². The lowest BCUT2D eigenvalue weighted by Crippen LogP contribution is -2.09. The summed E-state index contributed by atoms with van der Waals surface area (Å²) < 4.78 is 2.44. The largest absolute Gasteiger partial charge is 0.311 e. The van der Waals surface area contributed by atoms with E-state index in [0.717, 1.165) is 28.3 Å². The van der Waals surface area contributed by atoms with Gasteiger partial charge in [-0.25, -0.2) is 0 Å². The number of hydrogen-bond donors (Lipinski definition) is 0. The van der Waals surface area contributed by atoms with Gasteiger partial charge in [0, 0.05) is 33.4 Å². The molecule has 0 spiro atoms. The average Bonchev–Trinajstić information content (AvgIpc) is 3.61. The predicted molar refractivity (Wildman–Crippen MR) is 237 cm³/mol. The first-order valence-corrected chi connectivity index (χ1v) is 19.2. The summed E-state index contributed by atoms with van der Waals surface area (Å²) in [6, 6.07) is 83.0. The van der Waals surface area contributed by atoms with Gasteiger partial charge in [0.05, 0.1) is 16.7 Å². The summed E-state index contributed by atoms with van der Waals surface area (Å²) in [7, 11) is 0. The highest BCUT2D eigenvalue weighted by molar-refractivity contribution is 6.10. The summed E-state index contributed by atoms with van der Waals surface area (Å²) >= 11 is 0. The van der Waals surface area contributed by atoms with E-state index in [2.05, 4.69) is 240 Å². The summed E-state index contributed by atoms with van der Waals surface area (Å²) in [5.74, 6) is 0. The standard InChI is InChI=1S/C54H38N2/c1-4-14-39(15-5-1)41-24-26-43(27-25-41)45-32-37-51-50-21-11-13-23-53(50)56(54(51)38-45)52-22-12-10-20-49(52)44-30-35-48(36-31-44)55(46-18-8-3-9-19-46)47-33-28-42(29-34-47)40-16-6-2-7-17-40/h1-38H.